The van der Waals surface area contributed by atoms with Crippen molar-refractivity contribution in [1.29, 1.82) is 0 Å². The maximum atomic E-state index is 13.7. The normalized spacial score (nSPS) is 18.5. The van der Waals surface area contributed by atoms with Crippen LogP contribution < -0.4 is 10.2 Å². The summed E-state index contributed by atoms with van der Waals surface area (Å²) in [6.07, 6.45) is -2.32. The molecular weight excluding hydrogens is 400 g/mol. The maximum Gasteiger partial charge on any atom is 0.435 e. The number of hydrogen-bond donors (Lipinski definition) is 1. The number of hydrogen-bond acceptors (Lipinski definition) is 5. The van der Waals surface area contributed by atoms with Gasteiger partial charge in [0.1, 0.15) is 3.79 Å². The third kappa shape index (κ3) is 3.57. The first-order chi connectivity index (χ1) is 10.8. The van der Waals surface area contributed by atoms with E-state index in [4.69, 9.17) is 0 Å². The Kier molecular flexibility index (Phi) is 4.45. The third-order valence-corrected chi connectivity index (χ3v) is 5.04. The molecule has 0 bridgehead atoms. The second-order valence-corrected chi connectivity index (χ2v) is 7.34. The van der Waals surface area contributed by atoms with Gasteiger partial charge < -0.3 is 10.2 Å². The third-order valence-electron chi connectivity index (χ3n) is 3.41. The summed E-state index contributed by atoms with van der Waals surface area (Å²) >= 11 is 3.78. The second-order valence-electron chi connectivity index (χ2n) is 5.02. The molecule has 2 aromatic rings. The zero-order valence-corrected chi connectivity index (χ0v) is 14.0. The van der Waals surface area contributed by atoms with Gasteiger partial charge in [-0.3, -0.25) is 0 Å². The van der Waals surface area contributed by atoms with Crippen LogP contribution in [0.4, 0.5) is 28.5 Å². The Hall–Kier alpha value is -1.42. The van der Waals surface area contributed by atoms with Crippen LogP contribution in [0.15, 0.2) is 22.1 Å². The summed E-state index contributed by atoms with van der Waals surface area (Å²) in [7, 11) is 0. The molecule has 1 N–H and O–H groups in total. The number of anilines is 2. The van der Waals surface area contributed by atoms with Gasteiger partial charge >= 0.3 is 6.18 Å². The minimum Gasteiger partial charge on any atom is -0.357 e. The monoisotopic (exact) mass is 410 g/mol. The first-order valence-electron chi connectivity index (χ1n) is 6.70. The fraction of sp³-hybridized carbons (Fsp3) is 0.385. The van der Waals surface area contributed by atoms with Crippen molar-refractivity contribution >= 4 is 38.2 Å². The fourth-order valence-electron chi connectivity index (χ4n) is 2.39. The molecule has 0 radical (unpaired) electrons. The number of rotatable bonds is 3. The number of halogens is 5. The Labute approximate surface area is 141 Å². The SMILES string of the molecule is Fc1cccnc1N1CCC(Nc2nc(C(F)(F)F)c(Br)s2)C1. The van der Waals surface area contributed by atoms with E-state index in [2.05, 4.69) is 31.2 Å². The first kappa shape index (κ1) is 16.4. The van der Waals surface area contributed by atoms with Crippen LogP contribution in [0.3, 0.4) is 0 Å². The van der Waals surface area contributed by atoms with Gasteiger partial charge in [-0.2, -0.15) is 13.2 Å². The van der Waals surface area contributed by atoms with Crippen LogP contribution in [0, 0.1) is 5.82 Å². The Morgan fingerprint density at radius 2 is 2.17 bits per heavy atom. The van der Waals surface area contributed by atoms with E-state index in [0.29, 0.717) is 19.5 Å². The van der Waals surface area contributed by atoms with Gasteiger partial charge in [-0.1, -0.05) is 11.3 Å². The predicted octanol–water partition coefficient (Wildman–Crippen LogP) is 4.15. The van der Waals surface area contributed by atoms with Crippen LogP contribution in [0.2, 0.25) is 0 Å². The average Bonchev–Trinajstić information content (AvgIpc) is 3.06. The number of pyridine rings is 1. The van der Waals surface area contributed by atoms with Gasteiger partial charge in [-0.05, 0) is 34.5 Å². The van der Waals surface area contributed by atoms with E-state index in [0.717, 1.165) is 11.3 Å². The molecule has 1 saturated heterocycles. The topological polar surface area (TPSA) is 41.1 Å². The first-order valence-corrected chi connectivity index (χ1v) is 8.31. The quantitative estimate of drug-likeness (QED) is 0.771. The molecule has 0 amide bonds. The lowest BCUT2D eigenvalue weighted by Gasteiger charge is -2.18. The highest BCUT2D eigenvalue weighted by Crippen LogP contribution is 2.39. The molecule has 1 unspecified atom stereocenters. The molecule has 0 spiro atoms. The van der Waals surface area contributed by atoms with Crippen LogP contribution in [0.5, 0.6) is 0 Å². The summed E-state index contributed by atoms with van der Waals surface area (Å²) < 4.78 is 51.9. The van der Waals surface area contributed by atoms with Gasteiger partial charge in [0.2, 0.25) is 0 Å². The average molecular weight is 411 g/mol. The van der Waals surface area contributed by atoms with Crippen molar-refractivity contribution in [3.8, 4) is 0 Å². The molecule has 1 fully saturated rings. The molecule has 23 heavy (non-hydrogen) atoms. The van der Waals surface area contributed by atoms with Crippen molar-refractivity contribution in [2.45, 2.75) is 18.6 Å². The van der Waals surface area contributed by atoms with Crippen LogP contribution in [0.1, 0.15) is 12.1 Å². The minimum absolute atomic E-state index is 0.0573. The summed E-state index contributed by atoms with van der Waals surface area (Å²) in [6, 6.07) is 2.73. The van der Waals surface area contributed by atoms with E-state index >= 15 is 0 Å². The largest absolute Gasteiger partial charge is 0.435 e. The summed E-state index contributed by atoms with van der Waals surface area (Å²) in [5.74, 6) is -0.155. The maximum absolute atomic E-state index is 13.7. The molecule has 1 aliphatic heterocycles. The summed E-state index contributed by atoms with van der Waals surface area (Å²) in [5, 5.41) is 3.17. The van der Waals surface area contributed by atoms with E-state index in [1.165, 1.54) is 18.3 Å². The Morgan fingerprint density at radius 3 is 2.83 bits per heavy atom. The van der Waals surface area contributed by atoms with Crippen LogP contribution in [-0.4, -0.2) is 29.1 Å². The molecule has 4 nitrogen and oxygen atoms in total. The zero-order chi connectivity index (χ0) is 16.6. The number of thiazole rings is 1. The zero-order valence-electron chi connectivity index (χ0n) is 11.6. The summed E-state index contributed by atoms with van der Waals surface area (Å²) in [5.41, 5.74) is -0.935. The summed E-state index contributed by atoms with van der Waals surface area (Å²) in [6.45, 7) is 1.02. The van der Waals surface area contributed by atoms with E-state index < -0.39 is 17.7 Å². The molecule has 3 heterocycles. The number of nitrogens with one attached hydrogen (secondary N) is 1. The second kappa shape index (κ2) is 6.23. The highest BCUT2D eigenvalue weighted by Gasteiger charge is 2.37. The Morgan fingerprint density at radius 1 is 1.39 bits per heavy atom. The molecule has 124 valence electrons. The lowest BCUT2D eigenvalue weighted by molar-refractivity contribution is -0.141. The van der Waals surface area contributed by atoms with E-state index in [1.54, 1.807) is 4.90 Å². The molecule has 0 aliphatic carbocycles. The smallest absolute Gasteiger partial charge is 0.357 e. The van der Waals surface area contributed by atoms with Crippen LogP contribution in [-0.2, 0) is 6.18 Å². The number of aromatic nitrogens is 2. The van der Waals surface area contributed by atoms with Crippen LogP contribution in [0.25, 0.3) is 0 Å². The van der Waals surface area contributed by atoms with E-state index in [-0.39, 0.29) is 20.8 Å². The van der Waals surface area contributed by atoms with Gasteiger partial charge in [0.15, 0.2) is 22.5 Å². The lowest BCUT2D eigenvalue weighted by atomic mass is 10.3. The standard InChI is InChI=1S/C13H11BrF4N4S/c14-10-9(13(16,17)18)21-12(23-10)20-7-3-5-22(6-7)11-8(15)2-1-4-19-11/h1-2,4,7H,3,5-6H2,(H,20,21). The van der Waals surface area contributed by atoms with Gasteiger partial charge in [0.25, 0.3) is 0 Å². The Balaban J connectivity index is 1.68. The highest BCUT2D eigenvalue weighted by atomic mass is 79.9. The fourth-order valence-corrected chi connectivity index (χ4v) is 3.96. The van der Waals surface area contributed by atoms with Crippen molar-refractivity contribution in [3.63, 3.8) is 0 Å². The number of alkyl halides is 3. The highest BCUT2D eigenvalue weighted by molar-refractivity contribution is 9.11. The molecule has 3 rings (SSSR count). The van der Waals surface area contributed by atoms with Gasteiger partial charge in [0, 0.05) is 25.3 Å². The minimum atomic E-state index is -4.49. The van der Waals surface area contributed by atoms with Crippen molar-refractivity contribution < 1.29 is 17.6 Å². The van der Waals surface area contributed by atoms with Gasteiger partial charge in [-0.15, -0.1) is 0 Å². The Bertz CT molecular complexity index is 706. The van der Waals surface area contributed by atoms with Crippen molar-refractivity contribution in [2.75, 3.05) is 23.3 Å². The van der Waals surface area contributed by atoms with Gasteiger partial charge in [0.05, 0.1) is 0 Å². The van der Waals surface area contributed by atoms with Crippen molar-refractivity contribution in [2.24, 2.45) is 0 Å². The van der Waals surface area contributed by atoms with Crippen LogP contribution >= 0.6 is 27.3 Å². The summed E-state index contributed by atoms with van der Waals surface area (Å²) in [4.78, 5) is 9.36. The van der Waals surface area contributed by atoms with Crippen molar-refractivity contribution in [1.82, 2.24) is 9.97 Å². The molecule has 1 atom stereocenters. The van der Waals surface area contributed by atoms with E-state index in [1.807, 2.05) is 0 Å². The molecule has 10 heteroatoms. The molecule has 0 aromatic carbocycles. The lowest BCUT2D eigenvalue weighted by Crippen LogP contribution is -2.27. The van der Waals surface area contributed by atoms with Crippen molar-refractivity contribution in [3.05, 3.63) is 33.6 Å². The molecular formula is C13H11BrF4N4S. The van der Waals surface area contributed by atoms with E-state index in [9.17, 15) is 17.6 Å². The predicted molar refractivity (Wildman–Crippen MR) is 83.3 cm³/mol. The molecule has 1 aliphatic rings. The molecule has 2 aromatic heterocycles. The van der Waals surface area contributed by atoms with Gasteiger partial charge in [-0.25, -0.2) is 14.4 Å². The molecule has 0 saturated carbocycles. The number of nitrogens with zero attached hydrogens (tertiary/aromatic N) is 3.